The second-order valence-electron chi connectivity index (χ2n) is 20.3. The number of hydrogen-bond acceptors (Lipinski definition) is 11. The number of rotatable bonds is 17. The summed E-state index contributed by atoms with van der Waals surface area (Å²) < 4.78 is 0. The van der Waals surface area contributed by atoms with Gasteiger partial charge in [-0.15, -0.1) is 6.58 Å². The lowest BCUT2D eigenvalue weighted by Gasteiger charge is -2.37. The number of phenols is 1. The number of carboxylic acids is 2. The van der Waals surface area contributed by atoms with E-state index in [0.717, 1.165) is 31.5 Å². The van der Waals surface area contributed by atoms with Gasteiger partial charge in [-0.05, 0) is 150 Å². The third-order valence-corrected chi connectivity index (χ3v) is 14.7. The first-order valence-electron chi connectivity index (χ1n) is 26.0. The number of para-hydroxylation sites is 2. The van der Waals surface area contributed by atoms with Crippen molar-refractivity contribution in [3.63, 3.8) is 0 Å². The Morgan fingerprint density at radius 1 is 0.763 bits per heavy atom. The fourth-order valence-corrected chi connectivity index (χ4v) is 9.95. The van der Waals surface area contributed by atoms with Gasteiger partial charge in [0, 0.05) is 41.3 Å². The minimum Gasteiger partial charge on any atom is -0.508 e. The molecule has 1 fully saturated rings. The minimum atomic E-state index is -1.20. The van der Waals surface area contributed by atoms with E-state index in [9.17, 15) is 29.1 Å². The molecule has 0 radical (unpaired) electrons. The fraction of sp³-hybridized carbons (Fsp3) is 0.410. The Hall–Kier alpha value is -6.81. The molecule has 7 rings (SSSR count). The van der Waals surface area contributed by atoms with E-state index in [1.165, 1.54) is 56.8 Å². The Kier molecular flexibility index (Phi) is 26.1. The summed E-state index contributed by atoms with van der Waals surface area (Å²) in [5, 5.41) is 31.0. The molecule has 3 unspecified atom stereocenters. The number of carboxylic acid groups (broad SMARTS) is 2. The van der Waals surface area contributed by atoms with Crippen LogP contribution in [-0.2, 0) is 20.8 Å². The van der Waals surface area contributed by atoms with Crippen LogP contribution in [0, 0.1) is 23.2 Å². The van der Waals surface area contributed by atoms with Crippen LogP contribution < -0.4 is 15.5 Å². The highest BCUT2D eigenvalue weighted by Crippen LogP contribution is 2.48. The van der Waals surface area contributed by atoms with Crippen molar-refractivity contribution in [2.45, 2.75) is 109 Å². The maximum Gasteiger partial charge on any atom is 0.337 e. The molecular weight excluding hydrogens is 977 g/mol. The lowest BCUT2D eigenvalue weighted by Crippen LogP contribution is -2.64. The number of imide groups is 2. The van der Waals surface area contributed by atoms with Gasteiger partial charge < -0.3 is 30.0 Å². The zero-order valence-electron chi connectivity index (χ0n) is 46.6. The average molecular weight is 1060 g/mol. The normalized spacial score (nSPS) is 15.1. The summed E-state index contributed by atoms with van der Waals surface area (Å²) in [4.78, 5) is 68.9. The van der Waals surface area contributed by atoms with Crippen LogP contribution in [0.2, 0.25) is 0 Å². The van der Waals surface area contributed by atoms with E-state index in [2.05, 4.69) is 154 Å². The second-order valence-corrected chi connectivity index (χ2v) is 21.4. The van der Waals surface area contributed by atoms with Crippen molar-refractivity contribution in [3.8, 4) is 5.75 Å². The van der Waals surface area contributed by atoms with Gasteiger partial charge in [0.05, 0.1) is 22.9 Å². The third-order valence-electron chi connectivity index (χ3n) is 13.5. The molecule has 3 heterocycles. The van der Waals surface area contributed by atoms with Gasteiger partial charge >= 0.3 is 18.0 Å². The van der Waals surface area contributed by atoms with Gasteiger partial charge in [0.15, 0.2) is 0 Å². The molecule has 0 saturated carbocycles. The molecule has 4 amide bonds. The van der Waals surface area contributed by atoms with Gasteiger partial charge in [-0.3, -0.25) is 30.0 Å². The topological polar surface area (TPSA) is 193 Å². The number of phenolic OH excluding ortho intramolecular Hbond substituents is 1. The average Bonchev–Trinajstić information content (AvgIpc) is 3.38. The van der Waals surface area contributed by atoms with Crippen molar-refractivity contribution in [1.29, 1.82) is 0 Å². The number of aliphatic carboxylic acids is 1. The third kappa shape index (κ3) is 18.8. The van der Waals surface area contributed by atoms with Crippen molar-refractivity contribution in [1.82, 2.24) is 25.4 Å². The van der Waals surface area contributed by atoms with Crippen LogP contribution >= 0.6 is 11.8 Å². The molecule has 2 aliphatic heterocycles. The Balaban J connectivity index is 0.000000255. The van der Waals surface area contributed by atoms with Gasteiger partial charge in [0.2, 0.25) is 11.8 Å². The number of barbiturate groups is 1. The van der Waals surface area contributed by atoms with E-state index in [1.54, 1.807) is 19.1 Å². The highest BCUT2D eigenvalue weighted by atomic mass is 32.2. The minimum absolute atomic E-state index is 0.154. The highest BCUT2D eigenvalue weighted by Gasteiger charge is 2.52. The fourth-order valence-electron chi connectivity index (χ4n) is 8.85. The summed E-state index contributed by atoms with van der Waals surface area (Å²) >= 11 is 1.87. The molecule has 15 heteroatoms. The first-order valence-corrected chi connectivity index (χ1v) is 26.8. The summed E-state index contributed by atoms with van der Waals surface area (Å²) in [7, 11) is 8.49. The molecule has 5 atom stereocenters. The molecule has 5 N–H and O–H groups in total. The number of pyridine rings is 1. The quantitative estimate of drug-likeness (QED) is 0.0437. The number of allylic oxidation sites excluding steroid dienone is 1. The van der Waals surface area contributed by atoms with Crippen LogP contribution in [-0.4, -0.2) is 107 Å². The first-order chi connectivity index (χ1) is 36.0. The number of hydrogen-bond donors (Lipinski definition) is 5. The van der Waals surface area contributed by atoms with Crippen LogP contribution in [0.5, 0.6) is 5.75 Å². The van der Waals surface area contributed by atoms with Gasteiger partial charge in [-0.1, -0.05) is 126 Å². The van der Waals surface area contributed by atoms with Crippen LogP contribution in [0.3, 0.4) is 0 Å². The number of nitrogens with one attached hydrogen (secondary N) is 2. The summed E-state index contributed by atoms with van der Waals surface area (Å²) in [5.74, 6) is -1.23. The van der Waals surface area contributed by atoms with Crippen molar-refractivity contribution < 1.29 is 39.3 Å². The lowest BCUT2D eigenvalue weighted by atomic mass is 9.70. The van der Waals surface area contributed by atoms with Crippen molar-refractivity contribution >= 4 is 52.9 Å². The predicted molar refractivity (Wildman–Crippen MR) is 307 cm³/mol. The van der Waals surface area contributed by atoms with Crippen LogP contribution in [0.15, 0.2) is 144 Å². The number of fused-ring (bicyclic) bond motifs is 2. The molecule has 0 bridgehead atoms. The number of anilines is 2. The zero-order chi connectivity index (χ0) is 56.7. The smallest absolute Gasteiger partial charge is 0.337 e. The molecule has 76 heavy (non-hydrogen) atoms. The molecule has 14 nitrogen and oxygen atoms in total. The molecular formula is C61H82N6O8S. The molecule has 5 aromatic rings. The molecule has 2 aliphatic rings. The van der Waals surface area contributed by atoms with Gasteiger partial charge in [-0.25, -0.2) is 9.59 Å². The van der Waals surface area contributed by atoms with Gasteiger partial charge in [0.25, 0.3) is 0 Å². The molecule has 1 aromatic heterocycles. The Morgan fingerprint density at radius 2 is 1.34 bits per heavy atom. The standard InChI is InChI=1S/C17H20N2S.C14H23NO.C13H18O2.C11H16N2O3.C6H5NO2/c1-13(18(2)3)12-19-14-8-4-6-10-16(14)20-17-11-7-5-9-15(17)19;1-5-14(11(2)10-15(3)4)12-7-6-8-13(16)9-12;1-9(2)8-11-4-6-12(7-5-11)10(3)13(14)15;1-4-6-11(7(3)5-2)8(14)12-10(16)13-9(11)15;8-6(9)5-2-1-3-7-4-5/h4-11,13H,12H2,1-3H3;6-9,11,14,16H,5,10H2,1-4H3;4-7,9-10H,8H2,1-3H3,(H,14,15);4,7H,1,5-6H2,2-3H3,(H2,12,13,14,15,16);1-4H,(H,8,9)/t;11-,14+;;;/m.0.../s1. The highest BCUT2D eigenvalue weighted by molar-refractivity contribution is 7.99. The largest absolute Gasteiger partial charge is 0.508 e. The number of urea groups is 1. The van der Waals surface area contributed by atoms with E-state index in [4.69, 9.17) is 10.2 Å². The Morgan fingerprint density at radius 3 is 1.78 bits per heavy atom. The number of aromatic nitrogens is 1. The number of nitrogens with zero attached hydrogens (tertiary/aromatic N) is 4. The summed E-state index contributed by atoms with van der Waals surface area (Å²) in [6.07, 6.45) is 7.42. The van der Waals surface area contributed by atoms with E-state index in [0.29, 0.717) is 36.0 Å². The van der Waals surface area contributed by atoms with Gasteiger partial charge in [-0.2, -0.15) is 0 Å². The monoisotopic (exact) mass is 1060 g/mol. The zero-order valence-corrected chi connectivity index (χ0v) is 47.4. The van der Waals surface area contributed by atoms with Crippen molar-refractivity contribution in [2.75, 3.05) is 46.2 Å². The number of aromatic carboxylic acids is 1. The SMILES string of the molecule is C=CCC1(C(C)CC)C(=O)NC(=O)NC1=O.CC(C)Cc1ccc(C(C)C(=O)O)cc1.CC(CN1c2ccccc2Sc2ccccc21)N(C)C.CC[C@@H](c1cccc(O)c1)[C@@H](C)CN(C)C.O=C(O)c1cccnc1. The molecule has 4 aromatic carbocycles. The number of aromatic hydroxyl groups is 1. The number of benzene rings is 4. The van der Waals surface area contributed by atoms with Crippen molar-refractivity contribution in [3.05, 3.63) is 156 Å². The maximum absolute atomic E-state index is 11.9. The predicted octanol–water partition coefficient (Wildman–Crippen LogP) is 12.1. The maximum atomic E-state index is 11.9. The van der Waals surface area contributed by atoms with E-state index in [-0.39, 0.29) is 17.9 Å². The van der Waals surface area contributed by atoms with Crippen LogP contribution in [0.4, 0.5) is 16.2 Å². The molecule has 1 saturated heterocycles. The number of carbonyl (C=O) groups excluding carboxylic acids is 3. The summed E-state index contributed by atoms with van der Waals surface area (Å²) in [5.41, 5.74) is 5.05. The summed E-state index contributed by atoms with van der Waals surface area (Å²) in [6.45, 7) is 22.2. The van der Waals surface area contributed by atoms with E-state index >= 15 is 0 Å². The van der Waals surface area contributed by atoms with Crippen LogP contribution in [0.25, 0.3) is 0 Å². The lowest BCUT2D eigenvalue weighted by molar-refractivity contribution is -0.148. The van der Waals surface area contributed by atoms with E-state index in [1.807, 2.05) is 62.0 Å². The Bertz CT molecular complexity index is 2580. The van der Waals surface area contributed by atoms with Crippen molar-refractivity contribution in [2.24, 2.45) is 23.2 Å². The van der Waals surface area contributed by atoms with E-state index < -0.39 is 41.1 Å². The Labute approximate surface area is 456 Å². The number of carbonyl (C=O) groups is 5. The molecule has 0 spiro atoms. The molecule has 0 aliphatic carbocycles. The van der Waals surface area contributed by atoms with Crippen LogP contribution in [0.1, 0.15) is 114 Å². The summed E-state index contributed by atoms with van der Waals surface area (Å²) in [6, 6.07) is 35.7. The first kappa shape index (κ1) is 63.5. The number of amides is 4. The molecule has 410 valence electrons. The van der Waals surface area contributed by atoms with Gasteiger partial charge in [0.1, 0.15) is 11.2 Å². The number of likely N-dealkylation sites (N-methyl/N-ethyl adjacent to an activating group) is 1. The second kappa shape index (κ2) is 31.3.